The Kier molecular flexibility index (Phi) is 11.2. The number of hydrogen-bond donors (Lipinski definition) is 2. The fraction of sp³-hybridized carbons (Fsp3) is 0.571. The van der Waals surface area contributed by atoms with E-state index >= 15 is 0 Å². The van der Waals surface area contributed by atoms with Crippen LogP contribution in [0.2, 0.25) is 0 Å². The summed E-state index contributed by atoms with van der Waals surface area (Å²) in [6.07, 6.45) is 13.6. The predicted octanol–water partition coefficient (Wildman–Crippen LogP) is 7.86. The molecule has 1 atom stereocenters. The first-order chi connectivity index (χ1) is 20.4. The van der Waals surface area contributed by atoms with Gasteiger partial charge in [-0.15, -0.1) is 0 Å². The average molecular weight is 573 g/mol. The summed E-state index contributed by atoms with van der Waals surface area (Å²) < 4.78 is 0. The van der Waals surface area contributed by atoms with Crippen LogP contribution in [0.1, 0.15) is 107 Å². The lowest BCUT2D eigenvalue weighted by molar-refractivity contribution is 0.100. The zero-order valence-corrected chi connectivity index (χ0v) is 26.8. The number of amides is 1. The Balaban J connectivity index is 0.000000763. The number of fused-ring (bicyclic) bond motifs is 2. The van der Waals surface area contributed by atoms with Crippen LogP contribution in [-0.4, -0.2) is 60.2 Å². The zero-order chi connectivity index (χ0) is 30.2. The van der Waals surface area contributed by atoms with E-state index in [1.54, 1.807) is 6.33 Å². The fourth-order valence-corrected chi connectivity index (χ4v) is 6.29. The van der Waals surface area contributed by atoms with Crippen LogP contribution in [0.15, 0.2) is 29.5 Å². The van der Waals surface area contributed by atoms with E-state index in [-0.39, 0.29) is 0 Å². The molecule has 1 saturated heterocycles. The highest BCUT2D eigenvalue weighted by Crippen LogP contribution is 2.46. The van der Waals surface area contributed by atoms with Crippen molar-refractivity contribution in [3.63, 3.8) is 0 Å². The first-order valence-electron chi connectivity index (χ1n) is 16.4. The van der Waals surface area contributed by atoms with Gasteiger partial charge in [-0.05, 0) is 92.3 Å². The van der Waals surface area contributed by atoms with Crippen LogP contribution in [0.5, 0.6) is 0 Å². The Hall–Kier alpha value is -3.19. The van der Waals surface area contributed by atoms with Gasteiger partial charge in [0.05, 0.1) is 34.3 Å². The smallest absolute Gasteiger partial charge is 0.253 e. The van der Waals surface area contributed by atoms with Crippen molar-refractivity contribution in [1.29, 1.82) is 0 Å². The molecule has 1 aromatic heterocycles. The number of primary amides is 1. The third kappa shape index (κ3) is 6.72. The molecule has 0 bridgehead atoms. The molecule has 1 aliphatic carbocycles. The van der Waals surface area contributed by atoms with Crippen LogP contribution in [0.3, 0.4) is 0 Å². The third-order valence-corrected chi connectivity index (χ3v) is 8.82. The highest BCUT2D eigenvalue weighted by molar-refractivity contribution is 6.13. The number of hydrogen-bond acceptors (Lipinski definition) is 5. The summed E-state index contributed by atoms with van der Waals surface area (Å²) in [6.45, 7) is 14.6. The van der Waals surface area contributed by atoms with Crippen molar-refractivity contribution in [3.05, 3.63) is 41.2 Å². The number of nitrogens with one attached hydrogen (secondary N) is 1. The molecule has 0 radical (unpaired) electrons. The van der Waals surface area contributed by atoms with Gasteiger partial charge in [0.25, 0.3) is 5.91 Å². The van der Waals surface area contributed by atoms with Gasteiger partial charge in [0.2, 0.25) is 0 Å². The molecule has 3 heterocycles. The maximum Gasteiger partial charge on any atom is 0.253 e. The summed E-state index contributed by atoms with van der Waals surface area (Å²) in [4.78, 5) is 30.2. The molecule has 3 N–H and O–H groups in total. The lowest BCUT2D eigenvalue weighted by atomic mass is 9.75. The molecular formula is C35H52N6O. The van der Waals surface area contributed by atoms with Crippen molar-refractivity contribution in [2.24, 2.45) is 16.6 Å². The molecule has 6 rings (SSSR count). The van der Waals surface area contributed by atoms with E-state index in [9.17, 15) is 4.79 Å². The maximum atomic E-state index is 12.7. The first kappa shape index (κ1) is 31.7. The van der Waals surface area contributed by atoms with E-state index in [2.05, 4.69) is 72.0 Å². The number of aliphatic imine (C=N–C) groups is 1. The molecule has 1 amide bonds. The molecule has 42 heavy (non-hydrogen) atoms. The van der Waals surface area contributed by atoms with Crippen molar-refractivity contribution in [2.75, 3.05) is 38.1 Å². The Morgan fingerprint density at radius 3 is 2.43 bits per heavy atom. The summed E-state index contributed by atoms with van der Waals surface area (Å²) in [6, 6.07) is 6.74. The van der Waals surface area contributed by atoms with Gasteiger partial charge in [0.1, 0.15) is 0 Å². The number of carbonyl (C=O) groups excluding carboxylic acids is 1. The maximum absolute atomic E-state index is 12.7. The Bertz CT molecular complexity index is 1370. The number of carbonyl (C=O) groups is 1. The predicted molar refractivity (Wildman–Crippen MR) is 179 cm³/mol. The van der Waals surface area contributed by atoms with Crippen LogP contribution in [0.4, 0.5) is 11.4 Å². The van der Waals surface area contributed by atoms with Gasteiger partial charge in [0, 0.05) is 31.9 Å². The molecule has 2 aliphatic heterocycles. The lowest BCUT2D eigenvalue weighted by Crippen LogP contribution is -2.32. The van der Waals surface area contributed by atoms with E-state index < -0.39 is 5.91 Å². The third-order valence-electron chi connectivity index (χ3n) is 8.82. The Morgan fingerprint density at radius 2 is 1.81 bits per heavy atom. The number of nitrogens with two attached hydrogens (primary N) is 1. The van der Waals surface area contributed by atoms with Crippen molar-refractivity contribution in [2.45, 2.75) is 91.9 Å². The molecule has 7 heteroatoms. The van der Waals surface area contributed by atoms with Crippen LogP contribution in [0.25, 0.3) is 22.2 Å². The van der Waals surface area contributed by atoms with Crippen molar-refractivity contribution in [1.82, 2.24) is 14.9 Å². The lowest BCUT2D eigenvalue weighted by Gasteiger charge is -2.31. The first-order valence-corrected chi connectivity index (χ1v) is 16.4. The van der Waals surface area contributed by atoms with Gasteiger partial charge in [-0.1, -0.05) is 53.5 Å². The van der Waals surface area contributed by atoms with Crippen LogP contribution in [-0.2, 0) is 6.42 Å². The SMILES string of the molecule is CC.CCC.CCC1C=Nc2cc(-c3cc(N(C)CCN4CCCC4)c(C(N)=O)c4[nH]cnc34)cc(C3CCC3)c2C1. The van der Waals surface area contributed by atoms with Crippen LogP contribution >= 0.6 is 0 Å². The minimum absolute atomic E-state index is 0.431. The van der Waals surface area contributed by atoms with Crippen LogP contribution < -0.4 is 10.6 Å². The topological polar surface area (TPSA) is 90.6 Å². The number of imidazole rings is 1. The Morgan fingerprint density at radius 1 is 1.10 bits per heavy atom. The summed E-state index contributed by atoms with van der Waals surface area (Å²) in [7, 11) is 2.06. The highest BCUT2D eigenvalue weighted by atomic mass is 16.1. The molecule has 2 aromatic carbocycles. The quantitative estimate of drug-likeness (QED) is 0.287. The molecular weight excluding hydrogens is 520 g/mol. The second-order valence-electron chi connectivity index (χ2n) is 11.8. The number of benzene rings is 2. The molecule has 0 spiro atoms. The number of likely N-dealkylation sites (N-methyl/N-ethyl adjacent to an activating group) is 1. The largest absolute Gasteiger partial charge is 0.373 e. The summed E-state index contributed by atoms with van der Waals surface area (Å²) in [5.74, 6) is 0.697. The second kappa shape index (κ2) is 14.8. The number of aromatic amines is 1. The highest BCUT2D eigenvalue weighted by Gasteiger charge is 2.28. The van der Waals surface area contributed by atoms with Gasteiger partial charge >= 0.3 is 0 Å². The molecule has 7 nitrogen and oxygen atoms in total. The second-order valence-corrected chi connectivity index (χ2v) is 11.8. The number of nitrogens with zero attached hydrogens (tertiary/aromatic N) is 4. The van der Waals surface area contributed by atoms with E-state index in [4.69, 9.17) is 10.7 Å². The normalized spacial score (nSPS) is 18.0. The molecule has 3 aliphatic rings. The number of rotatable bonds is 8. The van der Waals surface area contributed by atoms with Crippen molar-refractivity contribution in [3.8, 4) is 11.1 Å². The molecule has 3 aromatic rings. The number of aromatic nitrogens is 2. The van der Waals surface area contributed by atoms with Gasteiger partial charge in [-0.25, -0.2) is 4.98 Å². The van der Waals surface area contributed by atoms with E-state index in [1.807, 2.05) is 13.8 Å². The summed E-state index contributed by atoms with van der Waals surface area (Å²) in [5, 5.41) is 0. The van der Waals surface area contributed by atoms with Crippen molar-refractivity contribution < 1.29 is 4.79 Å². The summed E-state index contributed by atoms with van der Waals surface area (Å²) in [5.41, 5.74) is 15.0. The molecule has 1 saturated carbocycles. The van der Waals surface area contributed by atoms with Gasteiger partial charge in [0.15, 0.2) is 0 Å². The summed E-state index contributed by atoms with van der Waals surface area (Å²) >= 11 is 0. The van der Waals surface area contributed by atoms with E-state index in [1.165, 1.54) is 49.7 Å². The number of anilines is 1. The Labute approximate surface area is 253 Å². The number of H-pyrrole nitrogens is 1. The number of likely N-dealkylation sites (tertiary alicyclic amines) is 1. The van der Waals surface area contributed by atoms with E-state index in [0.717, 1.165) is 67.0 Å². The van der Waals surface area contributed by atoms with Crippen LogP contribution in [0, 0.1) is 5.92 Å². The van der Waals surface area contributed by atoms with Gasteiger partial charge in [-0.2, -0.15) is 0 Å². The monoisotopic (exact) mass is 572 g/mol. The molecule has 2 fully saturated rings. The minimum Gasteiger partial charge on any atom is -0.373 e. The zero-order valence-electron chi connectivity index (χ0n) is 26.8. The molecule has 1 unspecified atom stereocenters. The molecule has 228 valence electrons. The van der Waals surface area contributed by atoms with Gasteiger partial charge < -0.3 is 20.5 Å². The fourth-order valence-electron chi connectivity index (χ4n) is 6.29. The van der Waals surface area contributed by atoms with Gasteiger partial charge in [-0.3, -0.25) is 9.79 Å². The van der Waals surface area contributed by atoms with Crippen molar-refractivity contribution >= 4 is 34.5 Å². The minimum atomic E-state index is -0.431. The van der Waals surface area contributed by atoms with E-state index in [0.29, 0.717) is 22.9 Å². The average Bonchev–Trinajstić information content (AvgIpc) is 3.68. The standard InChI is InChI=1S/C30H38N6O.C3H8.C2H6/c1-3-19-13-24-22(20-7-6-8-20)14-21(15-25(24)32-17-19)23-16-26(35(2)11-12-36-9-4-5-10-36)27(30(31)37)29-28(23)33-18-34-29;1-3-2;1-2/h14-20H,3-13H2,1-2H3,(H2,31,37)(H,33,34);3H2,1-2H3;1-2H3.